The van der Waals surface area contributed by atoms with Gasteiger partial charge >= 0.3 is 0 Å². The zero-order valence-electron chi connectivity index (χ0n) is 11.6. The molecular formula is C17H19NO2. The summed E-state index contributed by atoms with van der Waals surface area (Å²) in [6, 6.07) is 9.79. The van der Waals surface area contributed by atoms with E-state index in [1.807, 2.05) is 37.3 Å². The highest BCUT2D eigenvalue weighted by Gasteiger charge is 2.18. The van der Waals surface area contributed by atoms with Gasteiger partial charge in [-0.2, -0.15) is 0 Å². The van der Waals surface area contributed by atoms with E-state index in [-0.39, 0.29) is 11.9 Å². The van der Waals surface area contributed by atoms with Gasteiger partial charge in [-0.25, -0.2) is 0 Å². The van der Waals surface area contributed by atoms with Crippen LogP contribution in [0.3, 0.4) is 0 Å². The van der Waals surface area contributed by atoms with Crippen molar-refractivity contribution in [1.29, 1.82) is 0 Å². The molecule has 0 radical (unpaired) electrons. The fourth-order valence-electron chi connectivity index (χ4n) is 2.69. The Bertz CT molecular complexity index is 608. The lowest BCUT2D eigenvalue weighted by molar-refractivity contribution is -0.122. The molecule has 1 aliphatic carbocycles. The minimum Gasteiger partial charge on any atom is -0.459 e. The second kappa shape index (κ2) is 5.53. The molecule has 1 aromatic heterocycles. The topological polar surface area (TPSA) is 42.2 Å². The van der Waals surface area contributed by atoms with Crippen LogP contribution >= 0.6 is 0 Å². The summed E-state index contributed by atoms with van der Waals surface area (Å²) in [5.41, 5.74) is 0.863. The van der Waals surface area contributed by atoms with Crippen LogP contribution in [0.2, 0.25) is 0 Å². The predicted molar refractivity (Wildman–Crippen MR) is 79.3 cm³/mol. The Balaban J connectivity index is 1.64. The minimum absolute atomic E-state index is 0.0921. The first-order chi connectivity index (χ1) is 9.72. The van der Waals surface area contributed by atoms with Gasteiger partial charge in [-0.3, -0.25) is 4.79 Å². The molecule has 0 aliphatic heterocycles. The number of rotatable bonds is 4. The summed E-state index contributed by atoms with van der Waals surface area (Å²) in [6.45, 7) is 1.96. The van der Waals surface area contributed by atoms with Crippen LogP contribution in [-0.4, -0.2) is 5.91 Å². The molecule has 0 saturated heterocycles. The number of benzene rings is 1. The van der Waals surface area contributed by atoms with Gasteiger partial charge in [-0.1, -0.05) is 30.4 Å². The average Bonchev–Trinajstić information content (AvgIpc) is 3.06. The number of allylic oxidation sites excluding steroid dienone is 2. The van der Waals surface area contributed by atoms with Crippen LogP contribution in [0, 0.1) is 5.92 Å². The standard InChI is InChI=1S/C17H19NO2/c1-12(18-17(19)10-13-6-2-3-7-13)16-11-14-8-4-5-9-15(14)20-16/h2,4-6,8-9,11-13H,3,7,10H2,1H3,(H,18,19)/t12-,13+/m1/s1. The summed E-state index contributed by atoms with van der Waals surface area (Å²) in [6.07, 6.45) is 7.05. The van der Waals surface area contributed by atoms with E-state index in [0.29, 0.717) is 12.3 Å². The molecule has 1 aliphatic rings. The van der Waals surface area contributed by atoms with Crippen LogP contribution in [0.4, 0.5) is 0 Å². The smallest absolute Gasteiger partial charge is 0.221 e. The van der Waals surface area contributed by atoms with Gasteiger partial charge in [0.25, 0.3) is 0 Å². The van der Waals surface area contributed by atoms with E-state index >= 15 is 0 Å². The first-order valence-corrected chi connectivity index (χ1v) is 7.17. The predicted octanol–water partition coefficient (Wildman–Crippen LogP) is 3.97. The summed E-state index contributed by atoms with van der Waals surface area (Å²) in [5.74, 6) is 1.30. The normalized spacial score (nSPS) is 19.4. The fourth-order valence-corrected chi connectivity index (χ4v) is 2.69. The molecule has 2 aromatic rings. The van der Waals surface area contributed by atoms with Gasteiger partial charge in [0.2, 0.25) is 5.91 Å². The van der Waals surface area contributed by atoms with E-state index in [9.17, 15) is 4.79 Å². The van der Waals surface area contributed by atoms with Gasteiger partial charge in [-0.15, -0.1) is 0 Å². The van der Waals surface area contributed by atoms with Gasteiger partial charge in [0, 0.05) is 11.8 Å². The number of carbonyl (C=O) groups is 1. The number of nitrogens with one attached hydrogen (secondary N) is 1. The van der Waals surface area contributed by atoms with Crippen molar-refractivity contribution in [3.05, 3.63) is 48.2 Å². The molecular weight excluding hydrogens is 250 g/mol. The maximum Gasteiger partial charge on any atom is 0.221 e. The number of hydrogen-bond donors (Lipinski definition) is 1. The van der Waals surface area contributed by atoms with Crippen LogP contribution in [-0.2, 0) is 4.79 Å². The monoisotopic (exact) mass is 269 g/mol. The van der Waals surface area contributed by atoms with E-state index in [1.165, 1.54) is 0 Å². The van der Waals surface area contributed by atoms with Crippen LogP contribution in [0.25, 0.3) is 11.0 Å². The van der Waals surface area contributed by atoms with Crippen LogP contribution < -0.4 is 5.32 Å². The largest absolute Gasteiger partial charge is 0.459 e. The lowest BCUT2D eigenvalue weighted by Crippen LogP contribution is -2.27. The van der Waals surface area contributed by atoms with E-state index < -0.39 is 0 Å². The first kappa shape index (κ1) is 13.0. The molecule has 3 rings (SSSR count). The summed E-state index contributed by atoms with van der Waals surface area (Å²) in [4.78, 5) is 12.0. The quantitative estimate of drug-likeness (QED) is 0.853. The second-order valence-electron chi connectivity index (χ2n) is 5.45. The molecule has 0 spiro atoms. The zero-order valence-corrected chi connectivity index (χ0v) is 11.6. The van der Waals surface area contributed by atoms with E-state index in [2.05, 4.69) is 17.5 Å². The zero-order chi connectivity index (χ0) is 13.9. The summed E-state index contributed by atoms with van der Waals surface area (Å²) < 4.78 is 5.77. The Morgan fingerprint density at radius 3 is 3.05 bits per heavy atom. The Kier molecular flexibility index (Phi) is 3.59. The SMILES string of the molecule is C[C@@H](NC(=O)C[C@H]1C=CCC1)c1cc2ccccc2o1. The molecule has 1 N–H and O–H groups in total. The number of carbonyl (C=O) groups excluding carboxylic acids is 1. The highest BCUT2D eigenvalue weighted by atomic mass is 16.3. The molecule has 3 nitrogen and oxygen atoms in total. The van der Waals surface area contributed by atoms with Gasteiger partial charge in [0.15, 0.2) is 0 Å². The third kappa shape index (κ3) is 2.77. The third-order valence-corrected chi connectivity index (χ3v) is 3.81. The highest BCUT2D eigenvalue weighted by Crippen LogP contribution is 2.24. The van der Waals surface area contributed by atoms with Crippen LogP contribution in [0.15, 0.2) is 46.9 Å². The van der Waals surface area contributed by atoms with Crippen molar-refractivity contribution in [1.82, 2.24) is 5.32 Å². The molecule has 0 fully saturated rings. The van der Waals surface area contributed by atoms with Crippen molar-refractivity contribution < 1.29 is 9.21 Å². The van der Waals surface area contributed by atoms with Gasteiger partial charge in [0.05, 0.1) is 6.04 Å². The molecule has 20 heavy (non-hydrogen) atoms. The molecule has 1 aromatic carbocycles. The van der Waals surface area contributed by atoms with E-state index in [4.69, 9.17) is 4.42 Å². The van der Waals surface area contributed by atoms with E-state index in [1.54, 1.807) is 0 Å². The number of furan rings is 1. The first-order valence-electron chi connectivity index (χ1n) is 7.17. The van der Waals surface area contributed by atoms with Crippen molar-refractivity contribution in [2.75, 3.05) is 0 Å². The van der Waals surface area contributed by atoms with Crippen molar-refractivity contribution >= 4 is 16.9 Å². The molecule has 1 amide bonds. The fraction of sp³-hybridized carbons (Fsp3) is 0.353. The number of amides is 1. The Morgan fingerprint density at radius 1 is 1.45 bits per heavy atom. The van der Waals surface area contributed by atoms with Crippen molar-refractivity contribution in [2.24, 2.45) is 5.92 Å². The maximum atomic E-state index is 12.0. The van der Waals surface area contributed by atoms with Crippen LogP contribution in [0.1, 0.15) is 38.0 Å². The lowest BCUT2D eigenvalue weighted by Gasteiger charge is -2.13. The maximum absolute atomic E-state index is 12.0. The molecule has 104 valence electrons. The Labute approximate surface area is 118 Å². The summed E-state index contributed by atoms with van der Waals surface area (Å²) in [7, 11) is 0. The van der Waals surface area contributed by atoms with Crippen molar-refractivity contribution in [3.8, 4) is 0 Å². The molecule has 3 heteroatoms. The highest BCUT2D eigenvalue weighted by molar-refractivity contribution is 5.79. The minimum atomic E-state index is -0.0970. The second-order valence-corrected chi connectivity index (χ2v) is 5.45. The van der Waals surface area contributed by atoms with Gasteiger partial charge < -0.3 is 9.73 Å². The van der Waals surface area contributed by atoms with Crippen molar-refractivity contribution in [3.63, 3.8) is 0 Å². The molecule has 2 atom stereocenters. The molecule has 0 saturated carbocycles. The number of para-hydroxylation sites is 1. The van der Waals surface area contributed by atoms with Gasteiger partial charge in [0.1, 0.15) is 11.3 Å². The Hall–Kier alpha value is -2.03. The average molecular weight is 269 g/mol. The van der Waals surface area contributed by atoms with Crippen LogP contribution in [0.5, 0.6) is 0 Å². The summed E-state index contributed by atoms with van der Waals surface area (Å²) >= 11 is 0. The molecule has 0 bridgehead atoms. The van der Waals surface area contributed by atoms with E-state index in [0.717, 1.165) is 29.6 Å². The third-order valence-electron chi connectivity index (χ3n) is 3.81. The summed E-state index contributed by atoms with van der Waals surface area (Å²) in [5, 5.41) is 4.09. The Morgan fingerprint density at radius 2 is 2.30 bits per heavy atom. The molecule has 0 unspecified atom stereocenters. The van der Waals surface area contributed by atoms with Gasteiger partial charge in [-0.05, 0) is 37.8 Å². The number of fused-ring (bicyclic) bond motifs is 1. The lowest BCUT2D eigenvalue weighted by atomic mass is 10.0. The van der Waals surface area contributed by atoms with Crippen molar-refractivity contribution in [2.45, 2.75) is 32.2 Å². The number of hydrogen-bond acceptors (Lipinski definition) is 2. The molecule has 1 heterocycles.